The maximum Gasteiger partial charge on any atom is 0.300 e. The van der Waals surface area contributed by atoms with Gasteiger partial charge in [0.05, 0.1) is 17.3 Å². The van der Waals surface area contributed by atoms with E-state index in [9.17, 15) is 29.3 Å². The fourth-order valence-electron chi connectivity index (χ4n) is 3.48. The first-order valence-electron chi connectivity index (χ1n) is 9.02. The third kappa shape index (κ3) is 3.16. The van der Waals surface area contributed by atoms with Gasteiger partial charge in [-0.1, -0.05) is 24.3 Å². The van der Waals surface area contributed by atoms with Crippen LogP contribution >= 0.6 is 0 Å². The van der Waals surface area contributed by atoms with Gasteiger partial charge < -0.3 is 15.3 Å². The summed E-state index contributed by atoms with van der Waals surface area (Å²) in [6.07, 6.45) is 0. The third-order valence-corrected chi connectivity index (χ3v) is 4.91. The van der Waals surface area contributed by atoms with Crippen LogP contribution in [-0.2, 0) is 9.59 Å². The van der Waals surface area contributed by atoms with Crippen molar-refractivity contribution in [3.05, 3.63) is 95.3 Å². The standard InChI is InChI=1S/C23H16FNO5/c24-15-9-5-14(6-10-15)21(28)19-20(13-7-11-16(26)12-8-13)25(23(30)22(19)29)17-3-1-2-4-18(17)27/h1-12,20,26-28H/b21-19+. The molecule has 1 amide bonds. The molecule has 3 aromatic rings. The number of anilines is 1. The molecule has 4 rings (SSSR count). The number of amides is 1. The molecule has 1 unspecified atom stereocenters. The number of phenolic OH excluding ortho intramolecular Hbond substituents is 2. The van der Waals surface area contributed by atoms with Crippen LogP contribution in [-0.4, -0.2) is 27.0 Å². The van der Waals surface area contributed by atoms with E-state index in [2.05, 4.69) is 0 Å². The lowest BCUT2D eigenvalue weighted by Gasteiger charge is -2.26. The van der Waals surface area contributed by atoms with Crippen molar-refractivity contribution in [1.82, 2.24) is 0 Å². The molecule has 0 saturated carbocycles. The quantitative estimate of drug-likeness (QED) is 0.349. The minimum absolute atomic E-state index is 0.0169. The number of Topliss-reactive ketones (excluding diaryl/α,β-unsaturated/α-hetero) is 1. The summed E-state index contributed by atoms with van der Waals surface area (Å²) in [6, 6.07) is 15.6. The van der Waals surface area contributed by atoms with Gasteiger partial charge in [0.25, 0.3) is 11.7 Å². The van der Waals surface area contributed by atoms with Crippen LogP contribution < -0.4 is 4.90 Å². The molecule has 30 heavy (non-hydrogen) atoms. The first-order valence-corrected chi connectivity index (χ1v) is 9.02. The molecule has 1 fully saturated rings. The number of hydrogen-bond donors (Lipinski definition) is 3. The van der Waals surface area contributed by atoms with Gasteiger partial charge >= 0.3 is 0 Å². The molecule has 0 bridgehead atoms. The molecule has 1 aliphatic heterocycles. The van der Waals surface area contributed by atoms with Gasteiger partial charge in [-0.3, -0.25) is 14.5 Å². The number of halogens is 1. The predicted octanol–water partition coefficient (Wildman–Crippen LogP) is 3.86. The second-order valence-corrected chi connectivity index (χ2v) is 6.76. The zero-order valence-corrected chi connectivity index (χ0v) is 15.5. The van der Waals surface area contributed by atoms with Crippen molar-refractivity contribution in [2.24, 2.45) is 0 Å². The lowest BCUT2D eigenvalue weighted by Crippen LogP contribution is -2.29. The van der Waals surface area contributed by atoms with E-state index in [-0.39, 0.29) is 28.3 Å². The van der Waals surface area contributed by atoms with Crippen molar-refractivity contribution >= 4 is 23.1 Å². The topological polar surface area (TPSA) is 98.1 Å². The second kappa shape index (κ2) is 7.36. The predicted molar refractivity (Wildman–Crippen MR) is 107 cm³/mol. The first kappa shape index (κ1) is 19.2. The van der Waals surface area contributed by atoms with E-state index < -0.39 is 29.3 Å². The van der Waals surface area contributed by atoms with E-state index in [0.29, 0.717) is 5.56 Å². The van der Waals surface area contributed by atoms with Gasteiger partial charge in [0.15, 0.2) is 0 Å². The minimum Gasteiger partial charge on any atom is -0.508 e. The molecule has 0 aliphatic carbocycles. The third-order valence-electron chi connectivity index (χ3n) is 4.91. The highest BCUT2D eigenvalue weighted by molar-refractivity contribution is 6.51. The van der Waals surface area contributed by atoms with Crippen LogP contribution in [0.3, 0.4) is 0 Å². The van der Waals surface area contributed by atoms with Crippen LogP contribution in [0.2, 0.25) is 0 Å². The summed E-state index contributed by atoms with van der Waals surface area (Å²) >= 11 is 0. The molecular formula is C23H16FNO5. The number of nitrogens with zero attached hydrogens (tertiary/aromatic N) is 1. The Morgan fingerprint density at radius 1 is 0.867 bits per heavy atom. The summed E-state index contributed by atoms with van der Waals surface area (Å²) in [5.41, 5.74) is 0.478. The molecule has 7 heteroatoms. The van der Waals surface area contributed by atoms with Crippen molar-refractivity contribution in [1.29, 1.82) is 0 Å². The van der Waals surface area contributed by atoms with Crippen LogP contribution in [0.1, 0.15) is 17.2 Å². The Balaban J connectivity index is 1.96. The number of aliphatic hydroxyl groups excluding tert-OH is 1. The highest BCUT2D eigenvalue weighted by Gasteiger charge is 2.47. The summed E-state index contributed by atoms with van der Waals surface area (Å²) < 4.78 is 13.3. The van der Waals surface area contributed by atoms with Gasteiger partial charge in [0.2, 0.25) is 0 Å². The van der Waals surface area contributed by atoms with Crippen molar-refractivity contribution in [2.75, 3.05) is 4.90 Å². The molecule has 1 saturated heterocycles. The smallest absolute Gasteiger partial charge is 0.300 e. The highest BCUT2D eigenvalue weighted by Crippen LogP contribution is 2.44. The molecule has 150 valence electrons. The molecule has 3 aromatic carbocycles. The van der Waals surface area contributed by atoms with Gasteiger partial charge in [0.1, 0.15) is 23.1 Å². The number of carbonyl (C=O) groups excluding carboxylic acids is 2. The second-order valence-electron chi connectivity index (χ2n) is 6.76. The van der Waals surface area contributed by atoms with E-state index in [1.54, 1.807) is 12.1 Å². The largest absolute Gasteiger partial charge is 0.508 e. The maximum atomic E-state index is 13.3. The Kier molecular flexibility index (Phi) is 4.71. The van der Waals surface area contributed by atoms with Crippen LogP contribution in [0, 0.1) is 5.82 Å². The Morgan fingerprint density at radius 2 is 1.50 bits per heavy atom. The summed E-state index contributed by atoms with van der Waals surface area (Å²) in [5.74, 6) is -3.10. The van der Waals surface area contributed by atoms with Crippen LogP contribution in [0.4, 0.5) is 10.1 Å². The Morgan fingerprint density at radius 3 is 2.13 bits per heavy atom. The molecule has 3 N–H and O–H groups in total. The van der Waals surface area contributed by atoms with Crippen LogP contribution in [0.25, 0.3) is 5.76 Å². The molecule has 1 heterocycles. The van der Waals surface area contributed by atoms with Crippen molar-refractivity contribution in [2.45, 2.75) is 6.04 Å². The number of ketones is 1. The van der Waals surface area contributed by atoms with Crippen molar-refractivity contribution in [3.8, 4) is 11.5 Å². The van der Waals surface area contributed by atoms with Gasteiger partial charge in [0, 0.05) is 5.56 Å². The molecule has 0 radical (unpaired) electrons. The van der Waals surface area contributed by atoms with Crippen LogP contribution in [0.15, 0.2) is 78.4 Å². The van der Waals surface area contributed by atoms with E-state index >= 15 is 0 Å². The van der Waals surface area contributed by atoms with Gasteiger partial charge in [-0.05, 0) is 54.1 Å². The molecule has 0 spiro atoms. The molecule has 1 aliphatic rings. The Labute approximate surface area is 170 Å². The number of carbonyl (C=O) groups is 2. The molecule has 1 atom stereocenters. The number of para-hydroxylation sites is 2. The SMILES string of the molecule is O=C1C(=O)N(c2ccccc2O)C(c2ccc(O)cc2)/C1=C(\O)c1ccc(F)cc1. The molecule has 0 aromatic heterocycles. The lowest BCUT2D eigenvalue weighted by molar-refractivity contribution is -0.132. The Bertz CT molecular complexity index is 1170. The average molecular weight is 405 g/mol. The Hall–Kier alpha value is -4.13. The monoisotopic (exact) mass is 405 g/mol. The number of benzene rings is 3. The van der Waals surface area contributed by atoms with E-state index in [1.807, 2.05) is 0 Å². The summed E-state index contributed by atoms with van der Waals surface area (Å²) in [6.45, 7) is 0. The normalized spacial score (nSPS) is 18.0. The fourth-order valence-corrected chi connectivity index (χ4v) is 3.48. The van der Waals surface area contributed by atoms with E-state index in [1.165, 1.54) is 48.5 Å². The minimum atomic E-state index is -1.07. The molecule has 6 nitrogen and oxygen atoms in total. The maximum absolute atomic E-state index is 13.3. The number of phenols is 2. The summed E-state index contributed by atoms with van der Waals surface area (Å²) in [5, 5.41) is 30.8. The zero-order valence-electron chi connectivity index (χ0n) is 15.5. The van der Waals surface area contributed by atoms with Gasteiger partial charge in [-0.25, -0.2) is 4.39 Å². The average Bonchev–Trinajstić information content (AvgIpc) is 3.00. The number of aliphatic hydroxyl groups is 1. The van der Waals surface area contributed by atoms with Crippen molar-refractivity contribution < 1.29 is 29.3 Å². The lowest BCUT2D eigenvalue weighted by atomic mass is 9.95. The van der Waals surface area contributed by atoms with Gasteiger partial charge in [-0.15, -0.1) is 0 Å². The first-order chi connectivity index (χ1) is 14.4. The van der Waals surface area contributed by atoms with Crippen molar-refractivity contribution in [3.63, 3.8) is 0 Å². The number of aromatic hydroxyl groups is 2. The van der Waals surface area contributed by atoms with E-state index in [4.69, 9.17) is 0 Å². The van der Waals surface area contributed by atoms with Gasteiger partial charge in [-0.2, -0.15) is 0 Å². The molecular weight excluding hydrogens is 389 g/mol. The number of rotatable bonds is 3. The fraction of sp³-hybridized carbons (Fsp3) is 0.0435. The van der Waals surface area contributed by atoms with Crippen LogP contribution in [0.5, 0.6) is 11.5 Å². The summed E-state index contributed by atoms with van der Waals surface area (Å²) in [4.78, 5) is 26.9. The zero-order chi connectivity index (χ0) is 21.4. The highest BCUT2D eigenvalue weighted by atomic mass is 19.1. The summed E-state index contributed by atoms with van der Waals surface area (Å²) in [7, 11) is 0. The van der Waals surface area contributed by atoms with E-state index in [0.717, 1.165) is 17.0 Å². The number of hydrogen-bond acceptors (Lipinski definition) is 5.